The summed E-state index contributed by atoms with van der Waals surface area (Å²) in [5.41, 5.74) is 2.50. The minimum Gasteiger partial charge on any atom is -0.351 e. The number of amides is 2. The lowest BCUT2D eigenvalue weighted by atomic mass is 9.90. The Morgan fingerprint density at radius 2 is 1.71 bits per heavy atom. The number of aromatic nitrogens is 1. The fourth-order valence-electron chi connectivity index (χ4n) is 2.16. The summed E-state index contributed by atoms with van der Waals surface area (Å²) in [6.45, 7) is 7.49. The minimum absolute atomic E-state index is 0.317. The summed E-state index contributed by atoms with van der Waals surface area (Å²) in [5.74, 6) is -0.648. The molecule has 0 fully saturated rings. The van der Waals surface area contributed by atoms with Crippen LogP contribution in [0.2, 0.25) is 0 Å². The molecular formula is C19H23N3O2. The second-order valence-corrected chi connectivity index (χ2v) is 6.44. The van der Waals surface area contributed by atoms with Crippen molar-refractivity contribution in [3.05, 3.63) is 59.4 Å². The molecule has 0 saturated heterocycles. The molecular weight excluding hydrogens is 302 g/mol. The second-order valence-electron chi connectivity index (χ2n) is 6.44. The summed E-state index contributed by atoms with van der Waals surface area (Å²) in [7, 11) is 0. The number of carbonyl (C=O) groups excluding carboxylic acids is 2. The largest absolute Gasteiger partial charge is 0.351 e. The maximum atomic E-state index is 12.6. The van der Waals surface area contributed by atoms with Crippen LogP contribution in [0.3, 0.4) is 0 Å². The number of hydrogen-bond donors (Lipinski definition) is 2. The van der Waals surface area contributed by atoms with E-state index in [0.717, 1.165) is 22.4 Å². The van der Waals surface area contributed by atoms with Crippen LogP contribution in [0.15, 0.2) is 42.7 Å². The lowest BCUT2D eigenvalue weighted by molar-refractivity contribution is -0.138. The van der Waals surface area contributed by atoms with Crippen LogP contribution < -0.4 is 10.6 Å². The molecule has 126 valence electrons. The molecule has 0 atom stereocenters. The SMILES string of the molecule is Cc1ccc(C)c(NC(=O)C(C)(C)C(=O)NCc2ccncc2)c1. The first kappa shape index (κ1) is 17.7. The summed E-state index contributed by atoms with van der Waals surface area (Å²) in [5, 5.41) is 5.66. The third kappa shape index (κ3) is 4.19. The maximum Gasteiger partial charge on any atom is 0.239 e. The molecule has 5 nitrogen and oxygen atoms in total. The number of hydrogen-bond acceptors (Lipinski definition) is 3. The van der Waals surface area contributed by atoms with E-state index in [9.17, 15) is 9.59 Å². The van der Waals surface area contributed by atoms with Crippen LogP contribution in [-0.4, -0.2) is 16.8 Å². The normalized spacial score (nSPS) is 11.0. The highest BCUT2D eigenvalue weighted by molar-refractivity contribution is 6.10. The van der Waals surface area contributed by atoms with Gasteiger partial charge >= 0.3 is 0 Å². The van der Waals surface area contributed by atoms with Crippen molar-refractivity contribution in [3.63, 3.8) is 0 Å². The van der Waals surface area contributed by atoms with E-state index in [2.05, 4.69) is 15.6 Å². The van der Waals surface area contributed by atoms with Crippen LogP contribution in [0.1, 0.15) is 30.5 Å². The summed E-state index contributed by atoms with van der Waals surface area (Å²) >= 11 is 0. The van der Waals surface area contributed by atoms with Crippen LogP contribution in [0.25, 0.3) is 0 Å². The Morgan fingerprint density at radius 3 is 2.38 bits per heavy atom. The van der Waals surface area contributed by atoms with Gasteiger partial charge in [-0.3, -0.25) is 14.6 Å². The standard InChI is InChI=1S/C19H23N3O2/c1-13-5-6-14(2)16(11-13)22-18(24)19(3,4)17(23)21-12-15-7-9-20-10-8-15/h5-11H,12H2,1-4H3,(H,21,23)(H,22,24). The van der Waals surface area contributed by atoms with E-state index in [0.29, 0.717) is 6.54 Å². The molecule has 1 aromatic carbocycles. The lowest BCUT2D eigenvalue weighted by Crippen LogP contribution is -2.45. The molecule has 0 bridgehead atoms. The summed E-state index contributed by atoms with van der Waals surface area (Å²) < 4.78 is 0. The second kappa shape index (κ2) is 7.25. The van der Waals surface area contributed by atoms with Crippen LogP contribution in [0.5, 0.6) is 0 Å². The van der Waals surface area contributed by atoms with Crippen molar-refractivity contribution < 1.29 is 9.59 Å². The van der Waals surface area contributed by atoms with Crippen molar-refractivity contribution >= 4 is 17.5 Å². The number of carbonyl (C=O) groups is 2. The zero-order chi connectivity index (χ0) is 17.7. The van der Waals surface area contributed by atoms with E-state index in [-0.39, 0.29) is 11.8 Å². The predicted molar refractivity (Wildman–Crippen MR) is 94.4 cm³/mol. The minimum atomic E-state index is -1.18. The van der Waals surface area contributed by atoms with Gasteiger partial charge in [0.05, 0.1) is 0 Å². The van der Waals surface area contributed by atoms with Crippen molar-refractivity contribution in [2.24, 2.45) is 5.41 Å². The molecule has 0 aliphatic heterocycles. The maximum absolute atomic E-state index is 12.6. The first-order valence-electron chi connectivity index (χ1n) is 7.86. The quantitative estimate of drug-likeness (QED) is 0.830. The van der Waals surface area contributed by atoms with Gasteiger partial charge in [0, 0.05) is 24.6 Å². The number of pyridine rings is 1. The Morgan fingerprint density at radius 1 is 1.04 bits per heavy atom. The van der Waals surface area contributed by atoms with Crippen molar-refractivity contribution in [2.75, 3.05) is 5.32 Å². The molecule has 24 heavy (non-hydrogen) atoms. The van der Waals surface area contributed by atoms with E-state index in [1.807, 2.05) is 44.2 Å². The molecule has 1 aromatic heterocycles. The van der Waals surface area contributed by atoms with Crippen molar-refractivity contribution in [3.8, 4) is 0 Å². The monoisotopic (exact) mass is 325 g/mol. The zero-order valence-electron chi connectivity index (χ0n) is 14.5. The Labute approximate surface area is 142 Å². The number of nitrogens with one attached hydrogen (secondary N) is 2. The van der Waals surface area contributed by atoms with Gasteiger partial charge in [-0.1, -0.05) is 12.1 Å². The molecule has 0 spiro atoms. The van der Waals surface area contributed by atoms with Gasteiger partial charge in [-0.15, -0.1) is 0 Å². The van der Waals surface area contributed by atoms with Gasteiger partial charge in [0.25, 0.3) is 0 Å². The highest BCUT2D eigenvalue weighted by Gasteiger charge is 2.36. The van der Waals surface area contributed by atoms with Crippen molar-refractivity contribution in [1.29, 1.82) is 0 Å². The van der Waals surface area contributed by atoms with Gasteiger partial charge < -0.3 is 10.6 Å². The number of anilines is 1. The number of rotatable bonds is 5. The Hall–Kier alpha value is -2.69. The summed E-state index contributed by atoms with van der Waals surface area (Å²) in [4.78, 5) is 28.9. The molecule has 0 aliphatic carbocycles. The van der Waals surface area contributed by atoms with E-state index < -0.39 is 5.41 Å². The lowest BCUT2D eigenvalue weighted by Gasteiger charge is -2.23. The van der Waals surface area contributed by atoms with Gasteiger partial charge in [-0.25, -0.2) is 0 Å². The molecule has 0 radical (unpaired) electrons. The molecule has 1 heterocycles. The third-order valence-corrected chi connectivity index (χ3v) is 3.98. The highest BCUT2D eigenvalue weighted by atomic mass is 16.2. The summed E-state index contributed by atoms with van der Waals surface area (Å²) in [6, 6.07) is 9.48. The van der Waals surface area contributed by atoms with Crippen molar-refractivity contribution in [1.82, 2.24) is 10.3 Å². The Balaban J connectivity index is 2.03. The van der Waals surface area contributed by atoms with E-state index in [1.54, 1.807) is 26.2 Å². The third-order valence-electron chi connectivity index (χ3n) is 3.98. The molecule has 0 aliphatic rings. The van der Waals surface area contributed by atoms with Crippen LogP contribution in [0, 0.1) is 19.3 Å². The van der Waals surface area contributed by atoms with Gasteiger partial charge in [-0.2, -0.15) is 0 Å². The fourth-order valence-corrected chi connectivity index (χ4v) is 2.16. The van der Waals surface area contributed by atoms with E-state index in [1.165, 1.54) is 0 Å². The zero-order valence-corrected chi connectivity index (χ0v) is 14.5. The first-order chi connectivity index (χ1) is 11.3. The van der Waals surface area contributed by atoms with Crippen molar-refractivity contribution in [2.45, 2.75) is 34.2 Å². The number of nitrogens with zero attached hydrogens (tertiary/aromatic N) is 1. The van der Waals surface area contributed by atoms with E-state index >= 15 is 0 Å². The topological polar surface area (TPSA) is 71.1 Å². The molecule has 0 saturated carbocycles. The van der Waals surface area contributed by atoms with Crippen LogP contribution in [0.4, 0.5) is 5.69 Å². The number of benzene rings is 1. The van der Waals surface area contributed by atoms with E-state index in [4.69, 9.17) is 0 Å². The first-order valence-corrected chi connectivity index (χ1v) is 7.86. The van der Waals surface area contributed by atoms with Gasteiger partial charge in [0.1, 0.15) is 5.41 Å². The van der Waals surface area contributed by atoms with Gasteiger partial charge in [-0.05, 0) is 62.6 Å². The average molecular weight is 325 g/mol. The average Bonchev–Trinajstić information content (AvgIpc) is 2.56. The molecule has 2 aromatic rings. The summed E-state index contributed by atoms with van der Waals surface area (Å²) in [6.07, 6.45) is 3.33. The van der Waals surface area contributed by atoms with Gasteiger partial charge in [0.2, 0.25) is 11.8 Å². The highest BCUT2D eigenvalue weighted by Crippen LogP contribution is 2.22. The smallest absolute Gasteiger partial charge is 0.239 e. The van der Waals surface area contributed by atoms with Crippen LogP contribution >= 0.6 is 0 Å². The predicted octanol–water partition coefficient (Wildman–Crippen LogP) is 2.98. The molecule has 2 N–H and O–H groups in total. The van der Waals surface area contributed by atoms with Crippen LogP contribution in [-0.2, 0) is 16.1 Å². The molecule has 5 heteroatoms. The molecule has 2 amide bonds. The molecule has 0 unspecified atom stereocenters. The Bertz CT molecular complexity index is 740. The van der Waals surface area contributed by atoms with Gasteiger partial charge in [0.15, 0.2) is 0 Å². The fraction of sp³-hybridized carbons (Fsp3) is 0.316. The molecule has 2 rings (SSSR count). The Kier molecular flexibility index (Phi) is 5.34. The number of aryl methyl sites for hydroxylation is 2.